The number of rotatable bonds is 7. The van der Waals surface area contributed by atoms with Crippen molar-refractivity contribution in [2.24, 2.45) is 0 Å². The van der Waals surface area contributed by atoms with Gasteiger partial charge in [0.15, 0.2) is 0 Å². The van der Waals surface area contributed by atoms with Crippen LogP contribution in [0, 0.1) is 6.92 Å². The zero-order valence-corrected chi connectivity index (χ0v) is 15.6. The summed E-state index contributed by atoms with van der Waals surface area (Å²) in [6.07, 6.45) is 4.31. The first kappa shape index (κ1) is 19.8. The smallest absolute Gasteiger partial charge is 0.333 e. The van der Waals surface area contributed by atoms with Crippen LogP contribution in [0.5, 0.6) is 0 Å². The van der Waals surface area contributed by atoms with Gasteiger partial charge in [-0.2, -0.15) is 0 Å². The Balaban J connectivity index is 1.83. The predicted molar refractivity (Wildman–Crippen MR) is 100 cm³/mol. The van der Waals surface area contributed by atoms with Crippen LogP contribution >= 0.6 is 11.8 Å². The van der Waals surface area contributed by atoms with E-state index in [1.807, 2.05) is 31.2 Å². The van der Waals surface area contributed by atoms with Crippen LogP contribution in [-0.4, -0.2) is 48.3 Å². The largest absolute Gasteiger partial charge is 0.463 e. The molecule has 0 aromatic heterocycles. The van der Waals surface area contributed by atoms with E-state index in [0.29, 0.717) is 5.03 Å². The zero-order valence-electron chi connectivity index (χ0n) is 14.8. The molecule has 1 heterocycles. The van der Waals surface area contributed by atoms with Crippen molar-refractivity contribution in [2.45, 2.75) is 13.8 Å². The lowest BCUT2D eigenvalue weighted by Gasteiger charge is -2.16. The highest BCUT2D eigenvalue weighted by Gasteiger charge is 2.27. The molecule has 0 spiro atoms. The summed E-state index contributed by atoms with van der Waals surface area (Å²) in [5.41, 5.74) is 2.04. The van der Waals surface area contributed by atoms with Crippen LogP contribution in [0.15, 0.2) is 41.4 Å². The van der Waals surface area contributed by atoms with Crippen LogP contribution in [0.25, 0.3) is 6.08 Å². The van der Waals surface area contributed by atoms with E-state index in [2.05, 4.69) is 0 Å². The summed E-state index contributed by atoms with van der Waals surface area (Å²) in [5.74, 6) is -0.850. The van der Waals surface area contributed by atoms with Gasteiger partial charge >= 0.3 is 11.9 Å². The first-order valence-electron chi connectivity index (χ1n) is 8.22. The number of aryl methyl sites for hydroxylation is 1. The van der Waals surface area contributed by atoms with Crippen molar-refractivity contribution < 1.29 is 23.9 Å². The number of esters is 2. The van der Waals surface area contributed by atoms with Crippen LogP contribution in [0.2, 0.25) is 0 Å². The average molecular weight is 375 g/mol. The minimum atomic E-state index is -0.493. The van der Waals surface area contributed by atoms with E-state index in [1.54, 1.807) is 13.0 Å². The number of nitrogens with zero attached hydrogens (tertiary/aromatic N) is 1. The third kappa shape index (κ3) is 6.07. The van der Waals surface area contributed by atoms with Crippen LogP contribution in [0.1, 0.15) is 18.1 Å². The Morgan fingerprint density at radius 3 is 2.62 bits per heavy atom. The van der Waals surface area contributed by atoms with E-state index in [9.17, 15) is 14.4 Å². The number of ether oxygens (including phenoxy) is 2. The van der Waals surface area contributed by atoms with Crippen molar-refractivity contribution in [3.8, 4) is 0 Å². The van der Waals surface area contributed by atoms with Crippen LogP contribution in [0.4, 0.5) is 0 Å². The molecule has 0 bridgehead atoms. The molecule has 0 N–H and O–H groups in total. The molecule has 1 aromatic carbocycles. The van der Waals surface area contributed by atoms with Crippen molar-refractivity contribution >= 4 is 35.7 Å². The molecule has 7 heteroatoms. The van der Waals surface area contributed by atoms with Gasteiger partial charge in [0.05, 0.1) is 30.0 Å². The minimum absolute atomic E-state index is 0.0452. The Morgan fingerprint density at radius 2 is 1.92 bits per heavy atom. The van der Waals surface area contributed by atoms with Gasteiger partial charge in [0.1, 0.15) is 6.61 Å². The second-order valence-electron chi connectivity index (χ2n) is 5.48. The number of amides is 1. The molecule has 1 aromatic rings. The lowest BCUT2D eigenvalue weighted by atomic mass is 10.1. The Labute approximate surface area is 156 Å². The Hall–Kier alpha value is -2.54. The Kier molecular flexibility index (Phi) is 7.47. The van der Waals surface area contributed by atoms with E-state index in [0.717, 1.165) is 11.1 Å². The summed E-state index contributed by atoms with van der Waals surface area (Å²) in [4.78, 5) is 36.6. The molecule has 6 nitrogen and oxygen atoms in total. The van der Waals surface area contributed by atoms with Gasteiger partial charge in [-0.3, -0.25) is 4.79 Å². The summed E-state index contributed by atoms with van der Waals surface area (Å²) in [6.45, 7) is 4.21. The van der Waals surface area contributed by atoms with E-state index >= 15 is 0 Å². The van der Waals surface area contributed by atoms with Crippen molar-refractivity contribution in [3.63, 3.8) is 0 Å². The molecule has 26 heavy (non-hydrogen) atoms. The maximum absolute atomic E-state index is 11.9. The van der Waals surface area contributed by atoms with E-state index in [1.165, 1.54) is 28.8 Å². The fraction of sp³-hybridized carbons (Fsp3) is 0.316. The van der Waals surface area contributed by atoms with E-state index in [-0.39, 0.29) is 31.4 Å². The number of carbonyl (C=O) groups excluding carboxylic acids is 3. The minimum Gasteiger partial charge on any atom is -0.463 e. The molecular formula is C19H21NO5S. The van der Waals surface area contributed by atoms with Gasteiger partial charge in [0.2, 0.25) is 5.91 Å². The number of hydrogen-bond donors (Lipinski definition) is 0. The molecule has 1 fully saturated rings. The van der Waals surface area contributed by atoms with Gasteiger partial charge in [0, 0.05) is 6.08 Å². The molecule has 0 atom stereocenters. The zero-order chi connectivity index (χ0) is 18.9. The Morgan fingerprint density at radius 1 is 1.19 bits per heavy atom. The van der Waals surface area contributed by atoms with E-state index in [4.69, 9.17) is 9.47 Å². The van der Waals surface area contributed by atoms with Gasteiger partial charge in [-0.25, -0.2) is 9.59 Å². The second kappa shape index (κ2) is 9.82. The lowest BCUT2D eigenvalue weighted by Crippen LogP contribution is -2.29. The molecule has 0 unspecified atom stereocenters. The average Bonchev–Trinajstić information content (AvgIpc) is 2.95. The highest BCUT2D eigenvalue weighted by atomic mass is 32.2. The molecule has 1 aliphatic heterocycles. The molecule has 0 saturated carbocycles. The summed E-state index contributed by atoms with van der Waals surface area (Å²) in [5, 5.41) is 0.514. The summed E-state index contributed by atoms with van der Waals surface area (Å²) >= 11 is 1.26. The monoisotopic (exact) mass is 375 g/mol. The third-order valence-electron chi connectivity index (χ3n) is 3.49. The van der Waals surface area contributed by atoms with Gasteiger partial charge in [-0.1, -0.05) is 41.6 Å². The predicted octanol–water partition coefficient (Wildman–Crippen LogP) is 2.53. The molecule has 138 valence electrons. The standard InChI is InChI=1S/C19H21NO5S/c1-3-24-19(23)12-17-20(16(21)13-26-17)10-11-25-18(22)9-8-15-6-4-14(2)5-7-15/h4-9,12H,3,10-11,13H2,1-2H3/b9-8+,17-12-. The molecule has 2 rings (SSSR count). The van der Waals surface area contributed by atoms with Crippen molar-refractivity contribution in [2.75, 3.05) is 25.5 Å². The van der Waals surface area contributed by atoms with Gasteiger partial charge in [-0.05, 0) is 25.5 Å². The number of carbonyl (C=O) groups is 3. The van der Waals surface area contributed by atoms with Crippen molar-refractivity contribution in [1.82, 2.24) is 4.90 Å². The highest BCUT2D eigenvalue weighted by Crippen LogP contribution is 2.28. The van der Waals surface area contributed by atoms with Gasteiger partial charge in [-0.15, -0.1) is 0 Å². The number of benzene rings is 1. The number of thioether (sulfide) groups is 1. The second-order valence-corrected chi connectivity index (χ2v) is 6.48. The number of hydrogen-bond acceptors (Lipinski definition) is 6. The maximum atomic E-state index is 11.9. The first-order valence-corrected chi connectivity index (χ1v) is 9.21. The first-order chi connectivity index (χ1) is 12.5. The fourth-order valence-corrected chi connectivity index (χ4v) is 3.14. The SMILES string of the molecule is CCOC(=O)/C=C1\SCC(=O)N1CCOC(=O)/C=C/c1ccc(C)cc1. The van der Waals surface area contributed by atoms with Gasteiger partial charge < -0.3 is 14.4 Å². The Bertz CT molecular complexity index is 724. The van der Waals surface area contributed by atoms with Crippen LogP contribution in [-0.2, 0) is 23.9 Å². The lowest BCUT2D eigenvalue weighted by molar-refractivity contribution is -0.140. The third-order valence-corrected chi connectivity index (χ3v) is 4.51. The summed E-state index contributed by atoms with van der Waals surface area (Å²) in [6, 6.07) is 7.73. The maximum Gasteiger partial charge on any atom is 0.333 e. The summed E-state index contributed by atoms with van der Waals surface area (Å²) < 4.78 is 9.98. The fourth-order valence-electron chi connectivity index (χ4n) is 2.18. The molecule has 1 aliphatic rings. The van der Waals surface area contributed by atoms with Crippen LogP contribution < -0.4 is 0 Å². The normalized spacial score (nSPS) is 15.7. The molecule has 0 radical (unpaired) electrons. The summed E-state index contributed by atoms with van der Waals surface area (Å²) in [7, 11) is 0. The molecule has 1 saturated heterocycles. The van der Waals surface area contributed by atoms with E-state index < -0.39 is 11.9 Å². The van der Waals surface area contributed by atoms with Crippen molar-refractivity contribution in [1.29, 1.82) is 0 Å². The van der Waals surface area contributed by atoms with Crippen molar-refractivity contribution in [3.05, 3.63) is 52.6 Å². The quantitative estimate of drug-likeness (QED) is 0.539. The molecular weight excluding hydrogens is 354 g/mol. The molecule has 0 aliphatic carbocycles. The topological polar surface area (TPSA) is 72.9 Å². The van der Waals surface area contributed by atoms with Crippen LogP contribution in [0.3, 0.4) is 0 Å². The molecule has 1 amide bonds. The van der Waals surface area contributed by atoms with Gasteiger partial charge in [0.25, 0.3) is 0 Å². The highest BCUT2D eigenvalue weighted by molar-refractivity contribution is 8.04.